The zero-order chi connectivity index (χ0) is 18.0. The lowest BCUT2D eigenvalue weighted by Gasteiger charge is -2.18. The standard InChI is InChI=1S/C13H13F3N2O4S/c1-7(2)11(12(19)20)18-23(21,22)9-4-3-8(6-17)10(5-9)13(14,15)16/h3-5,7,11,18H,1-2H3,(H,19,20). The van der Waals surface area contributed by atoms with Crippen molar-refractivity contribution >= 4 is 16.0 Å². The van der Waals surface area contributed by atoms with Gasteiger partial charge in [0.1, 0.15) is 6.04 Å². The first-order valence-electron chi connectivity index (χ1n) is 6.26. The number of hydrogen-bond donors (Lipinski definition) is 2. The highest BCUT2D eigenvalue weighted by Gasteiger charge is 2.36. The zero-order valence-corrected chi connectivity index (χ0v) is 12.9. The molecule has 2 N–H and O–H groups in total. The van der Waals surface area contributed by atoms with Gasteiger partial charge >= 0.3 is 12.1 Å². The molecule has 23 heavy (non-hydrogen) atoms. The van der Waals surface area contributed by atoms with Crippen molar-refractivity contribution in [3.05, 3.63) is 29.3 Å². The molecule has 10 heteroatoms. The Kier molecular flexibility index (Phi) is 5.39. The summed E-state index contributed by atoms with van der Waals surface area (Å²) in [6.45, 7) is 2.89. The Bertz CT molecular complexity index is 751. The quantitative estimate of drug-likeness (QED) is 0.844. The predicted molar refractivity (Wildman–Crippen MR) is 72.7 cm³/mol. The van der Waals surface area contributed by atoms with E-state index in [2.05, 4.69) is 0 Å². The van der Waals surface area contributed by atoms with Gasteiger partial charge in [-0.25, -0.2) is 8.42 Å². The lowest BCUT2D eigenvalue weighted by atomic mass is 10.1. The molecule has 1 aromatic rings. The second kappa shape index (κ2) is 6.55. The number of carbonyl (C=O) groups is 1. The molecule has 1 rings (SSSR count). The van der Waals surface area contributed by atoms with E-state index >= 15 is 0 Å². The van der Waals surface area contributed by atoms with Gasteiger partial charge in [0.25, 0.3) is 0 Å². The largest absolute Gasteiger partial charge is 0.480 e. The average Bonchev–Trinajstić information content (AvgIpc) is 2.42. The van der Waals surface area contributed by atoms with Gasteiger partial charge in [0.05, 0.1) is 22.1 Å². The summed E-state index contributed by atoms with van der Waals surface area (Å²) in [5.41, 5.74) is -2.13. The molecule has 0 saturated heterocycles. The number of carboxylic acids is 1. The van der Waals surface area contributed by atoms with Crippen LogP contribution in [-0.2, 0) is 21.0 Å². The number of nitrogens with one attached hydrogen (secondary N) is 1. The van der Waals surface area contributed by atoms with Crippen LogP contribution in [0.4, 0.5) is 13.2 Å². The van der Waals surface area contributed by atoms with Crippen LogP contribution in [0.1, 0.15) is 25.0 Å². The monoisotopic (exact) mass is 350 g/mol. The first-order chi connectivity index (χ1) is 10.4. The van der Waals surface area contributed by atoms with Crippen LogP contribution in [0.15, 0.2) is 23.1 Å². The summed E-state index contributed by atoms with van der Waals surface area (Å²) >= 11 is 0. The molecule has 0 bridgehead atoms. The molecule has 0 amide bonds. The second-order valence-corrected chi connectivity index (χ2v) is 6.71. The number of halogens is 3. The number of alkyl halides is 3. The molecule has 126 valence electrons. The number of sulfonamides is 1. The molecule has 1 aromatic carbocycles. The normalized spacial score (nSPS) is 13.6. The van der Waals surface area contributed by atoms with Crippen molar-refractivity contribution in [2.45, 2.75) is 31.0 Å². The fourth-order valence-corrected chi connectivity index (χ4v) is 3.09. The van der Waals surface area contributed by atoms with E-state index in [4.69, 9.17) is 10.4 Å². The van der Waals surface area contributed by atoms with Gasteiger partial charge < -0.3 is 5.11 Å². The predicted octanol–water partition coefficient (Wildman–Crippen LogP) is 1.96. The summed E-state index contributed by atoms with van der Waals surface area (Å²) in [4.78, 5) is 10.3. The van der Waals surface area contributed by atoms with E-state index < -0.39 is 50.2 Å². The molecule has 0 aliphatic heterocycles. The van der Waals surface area contributed by atoms with Gasteiger partial charge in [0, 0.05) is 0 Å². The Morgan fingerprint density at radius 3 is 2.30 bits per heavy atom. The number of rotatable bonds is 5. The molecule has 0 fully saturated rings. The van der Waals surface area contributed by atoms with Gasteiger partial charge in [-0.15, -0.1) is 0 Å². The Morgan fingerprint density at radius 2 is 1.91 bits per heavy atom. The highest BCUT2D eigenvalue weighted by Crippen LogP contribution is 2.33. The molecule has 6 nitrogen and oxygen atoms in total. The molecule has 0 saturated carbocycles. The first kappa shape index (κ1) is 18.9. The molecule has 0 spiro atoms. The van der Waals surface area contributed by atoms with E-state index in [9.17, 15) is 26.4 Å². The summed E-state index contributed by atoms with van der Waals surface area (Å²) in [5, 5.41) is 17.6. The summed E-state index contributed by atoms with van der Waals surface area (Å²) < 4.78 is 64.6. The molecule has 0 aliphatic rings. The van der Waals surface area contributed by atoms with Crippen molar-refractivity contribution in [2.75, 3.05) is 0 Å². The van der Waals surface area contributed by atoms with Crippen LogP contribution >= 0.6 is 0 Å². The number of benzene rings is 1. The van der Waals surface area contributed by atoms with Crippen LogP contribution in [0.3, 0.4) is 0 Å². The molecule has 0 aromatic heterocycles. The summed E-state index contributed by atoms with van der Waals surface area (Å²) in [6.07, 6.45) is -4.92. The van der Waals surface area contributed by atoms with E-state index in [1.165, 1.54) is 19.9 Å². The van der Waals surface area contributed by atoms with Crippen LogP contribution in [0.5, 0.6) is 0 Å². The minimum absolute atomic E-state index is 0.306. The van der Waals surface area contributed by atoms with Gasteiger partial charge in [-0.1, -0.05) is 13.8 Å². The SMILES string of the molecule is CC(C)C(NS(=O)(=O)c1ccc(C#N)c(C(F)(F)F)c1)C(=O)O. The number of carboxylic acid groups (broad SMARTS) is 1. The molecule has 0 heterocycles. The fourth-order valence-electron chi connectivity index (χ4n) is 1.73. The lowest BCUT2D eigenvalue weighted by Crippen LogP contribution is -2.44. The van der Waals surface area contributed by atoms with Crippen molar-refractivity contribution in [2.24, 2.45) is 5.92 Å². The average molecular weight is 350 g/mol. The second-order valence-electron chi connectivity index (χ2n) is 5.00. The van der Waals surface area contributed by atoms with Crippen molar-refractivity contribution in [1.82, 2.24) is 4.72 Å². The fraction of sp³-hybridized carbons (Fsp3) is 0.385. The molecular formula is C13H13F3N2O4S. The molecule has 0 aliphatic carbocycles. The number of hydrogen-bond acceptors (Lipinski definition) is 4. The van der Waals surface area contributed by atoms with Gasteiger partial charge in [-0.05, 0) is 24.1 Å². The van der Waals surface area contributed by atoms with Gasteiger partial charge in [-0.3, -0.25) is 4.79 Å². The summed E-state index contributed by atoms with van der Waals surface area (Å²) in [5.74, 6) is -2.07. The topological polar surface area (TPSA) is 107 Å². The van der Waals surface area contributed by atoms with E-state index in [0.717, 1.165) is 12.1 Å². The third-order valence-corrected chi connectivity index (χ3v) is 4.38. The van der Waals surface area contributed by atoms with Crippen LogP contribution in [0.25, 0.3) is 0 Å². The van der Waals surface area contributed by atoms with Crippen molar-refractivity contribution in [3.8, 4) is 6.07 Å². The van der Waals surface area contributed by atoms with E-state index in [1.54, 1.807) is 0 Å². The van der Waals surface area contributed by atoms with Crippen molar-refractivity contribution in [3.63, 3.8) is 0 Å². The molecule has 1 atom stereocenters. The summed E-state index contributed by atoms with van der Waals surface area (Å²) in [6, 6.07) is 1.68. The molecule has 0 radical (unpaired) electrons. The third-order valence-electron chi connectivity index (χ3n) is 2.94. The molecular weight excluding hydrogens is 337 g/mol. The van der Waals surface area contributed by atoms with E-state index in [-0.39, 0.29) is 0 Å². The maximum absolute atomic E-state index is 12.9. The van der Waals surface area contributed by atoms with E-state index in [1.807, 2.05) is 4.72 Å². The van der Waals surface area contributed by atoms with Crippen LogP contribution in [0, 0.1) is 17.2 Å². The van der Waals surface area contributed by atoms with Crippen LogP contribution in [-0.4, -0.2) is 25.5 Å². The smallest absolute Gasteiger partial charge is 0.417 e. The minimum Gasteiger partial charge on any atom is -0.480 e. The number of nitrogens with zero attached hydrogens (tertiary/aromatic N) is 1. The minimum atomic E-state index is -4.92. The van der Waals surface area contributed by atoms with Gasteiger partial charge in [-0.2, -0.15) is 23.2 Å². The highest BCUT2D eigenvalue weighted by atomic mass is 32.2. The van der Waals surface area contributed by atoms with Crippen molar-refractivity contribution < 1.29 is 31.5 Å². The number of nitriles is 1. The van der Waals surface area contributed by atoms with E-state index in [0.29, 0.717) is 6.07 Å². The van der Waals surface area contributed by atoms with Gasteiger partial charge in [0.2, 0.25) is 10.0 Å². The Labute approximate surface area is 130 Å². The van der Waals surface area contributed by atoms with Crippen LogP contribution < -0.4 is 4.72 Å². The first-order valence-corrected chi connectivity index (χ1v) is 7.75. The maximum atomic E-state index is 12.9. The summed E-state index contributed by atoms with van der Waals surface area (Å²) in [7, 11) is -4.50. The lowest BCUT2D eigenvalue weighted by molar-refractivity contribution is -0.140. The Hall–Kier alpha value is -2.12. The number of aliphatic carboxylic acids is 1. The van der Waals surface area contributed by atoms with Crippen LogP contribution in [0.2, 0.25) is 0 Å². The molecule has 1 unspecified atom stereocenters. The maximum Gasteiger partial charge on any atom is 0.417 e. The third kappa shape index (κ3) is 4.43. The highest BCUT2D eigenvalue weighted by molar-refractivity contribution is 7.89. The zero-order valence-electron chi connectivity index (χ0n) is 12.0. The van der Waals surface area contributed by atoms with Gasteiger partial charge in [0.15, 0.2) is 0 Å². The Morgan fingerprint density at radius 1 is 1.35 bits per heavy atom. The van der Waals surface area contributed by atoms with Crippen molar-refractivity contribution in [1.29, 1.82) is 5.26 Å². The Balaban J connectivity index is 3.35.